The zero-order chi connectivity index (χ0) is 17.7. The van der Waals surface area contributed by atoms with Crippen molar-refractivity contribution in [2.75, 3.05) is 13.1 Å². The van der Waals surface area contributed by atoms with E-state index < -0.39 is 23.9 Å². The standard InChI is InChI=1S/C2H8N2.4C2H4O2.Na.Zn.H/c3-1-2-4;4*1-2(3)4;;;/h1-4H2;4*1H3,(H,3,4);;;. The van der Waals surface area contributed by atoms with Gasteiger partial charge in [0, 0.05) is 60.3 Å². The first-order valence-electron chi connectivity index (χ1n) is 5.03. The minimum Gasteiger partial charge on any atom is 0 e. The second-order valence-electron chi connectivity index (χ2n) is 2.65. The molecule has 0 saturated carbocycles. The first-order chi connectivity index (χ1) is 8.84. The Morgan fingerprint density at radius 3 is 0.682 bits per heavy atom. The monoisotopic (exact) mass is 388 g/mol. The van der Waals surface area contributed by atoms with Gasteiger partial charge < -0.3 is 31.9 Å². The van der Waals surface area contributed by atoms with Crippen LogP contribution in [-0.4, -0.2) is 87.0 Å². The number of aliphatic carboxylic acids is 4. The van der Waals surface area contributed by atoms with Gasteiger partial charge >= 0.3 is 29.6 Å². The molecule has 0 bridgehead atoms. The fourth-order valence-electron chi connectivity index (χ4n) is 0. The summed E-state index contributed by atoms with van der Waals surface area (Å²) in [7, 11) is 0. The number of rotatable bonds is 1. The van der Waals surface area contributed by atoms with Crippen LogP contribution in [0, 0.1) is 0 Å². The van der Waals surface area contributed by atoms with Crippen LogP contribution in [0.2, 0.25) is 0 Å². The normalized spacial score (nSPS) is 5.91. The van der Waals surface area contributed by atoms with Crippen LogP contribution in [0.15, 0.2) is 0 Å². The fraction of sp³-hybridized carbons (Fsp3) is 0.600. The predicted octanol–water partition coefficient (Wildman–Crippen LogP) is -1.38. The van der Waals surface area contributed by atoms with E-state index in [1.807, 2.05) is 0 Å². The van der Waals surface area contributed by atoms with Gasteiger partial charge in [-0.1, -0.05) is 0 Å². The molecule has 126 valence electrons. The summed E-state index contributed by atoms with van der Waals surface area (Å²) in [6.07, 6.45) is 0. The summed E-state index contributed by atoms with van der Waals surface area (Å²) in [5.41, 5.74) is 9.81. The summed E-state index contributed by atoms with van der Waals surface area (Å²) in [6, 6.07) is 0. The van der Waals surface area contributed by atoms with Gasteiger partial charge in [0.1, 0.15) is 0 Å². The fourth-order valence-corrected chi connectivity index (χ4v) is 0. The van der Waals surface area contributed by atoms with Gasteiger partial charge in [0.25, 0.3) is 23.9 Å². The number of nitrogens with two attached hydrogens (primary N) is 2. The molecule has 10 nitrogen and oxygen atoms in total. The van der Waals surface area contributed by atoms with E-state index in [-0.39, 0.29) is 49.0 Å². The molecule has 0 saturated heterocycles. The third-order valence-electron chi connectivity index (χ3n) is 0.167. The third-order valence-corrected chi connectivity index (χ3v) is 0.167. The van der Waals surface area contributed by atoms with Crippen molar-refractivity contribution in [2.45, 2.75) is 27.7 Å². The van der Waals surface area contributed by atoms with E-state index in [1.54, 1.807) is 0 Å². The van der Waals surface area contributed by atoms with E-state index in [1.165, 1.54) is 0 Å². The number of carboxylic acid groups (broad SMARTS) is 4. The van der Waals surface area contributed by atoms with Crippen LogP contribution in [-0.2, 0) is 38.7 Å². The van der Waals surface area contributed by atoms with Crippen LogP contribution in [0.1, 0.15) is 27.7 Å². The van der Waals surface area contributed by atoms with Crippen LogP contribution in [0.4, 0.5) is 0 Å². The van der Waals surface area contributed by atoms with Gasteiger partial charge in [-0.2, -0.15) is 0 Å². The van der Waals surface area contributed by atoms with E-state index in [4.69, 9.17) is 51.1 Å². The van der Waals surface area contributed by atoms with E-state index in [0.717, 1.165) is 27.7 Å². The molecule has 0 radical (unpaired) electrons. The predicted molar refractivity (Wildman–Crippen MR) is 78.5 cm³/mol. The molecular weight excluding hydrogens is 364 g/mol. The van der Waals surface area contributed by atoms with Crippen LogP contribution < -0.4 is 11.5 Å². The van der Waals surface area contributed by atoms with Gasteiger partial charge in [0.05, 0.1) is 0 Å². The Morgan fingerprint density at radius 2 is 0.682 bits per heavy atom. The SMILES string of the molecule is CC(=O)O.CC(=O)O.CC(=O)O.CC(=O)O.NCCN.[NaH].[Zn]. The molecule has 0 spiro atoms. The van der Waals surface area contributed by atoms with Crippen molar-refractivity contribution in [2.24, 2.45) is 11.5 Å². The molecular formula is C10H25N2NaO8Zn. The summed E-state index contributed by atoms with van der Waals surface area (Å²) in [5.74, 6) is -3.33. The van der Waals surface area contributed by atoms with Gasteiger partial charge in [0.15, 0.2) is 0 Å². The number of carboxylic acids is 4. The summed E-state index contributed by atoms with van der Waals surface area (Å²) in [6.45, 7) is 5.53. The summed E-state index contributed by atoms with van der Waals surface area (Å²) in [5, 5.41) is 29.7. The van der Waals surface area contributed by atoms with Gasteiger partial charge in [-0.3, -0.25) is 19.2 Å². The molecule has 22 heavy (non-hydrogen) atoms. The molecule has 0 heterocycles. The zero-order valence-electron chi connectivity index (χ0n) is 12.7. The average molecular weight is 390 g/mol. The number of hydrogen-bond acceptors (Lipinski definition) is 6. The van der Waals surface area contributed by atoms with Crippen molar-refractivity contribution in [1.82, 2.24) is 0 Å². The van der Waals surface area contributed by atoms with Gasteiger partial charge in [-0.05, 0) is 0 Å². The summed E-state index contributed by atoms with van der Waals surface area (Å²) >= 11 is 0. The minimum atomic E-state index is -0.833. The summed E-state index contributed by atoms with van der Waals surface area (Å²) < 4.78 is 0. The molecule has 0 aliphatic heterocycles. The van der Waals surface area contributed by atoms with Crippen LogP contribution in [0.5, 0.6) is 0 Å². The smallest absolute Gasteiger partial charge is 0 e. The maximum atomic E-state index is 9.00. The van der Waals surface area contributed by atoms with Crippen molar-refractivity contribution in [1.29, 1.82) is 0 Å². The van der Waals surface area contributed by atoms with Crippen molar-refractivity contribution >= 4 is 53.4 Å². The molecule has 12 heteroatoms. The van der Waals surface area contributed by atoms with Crippen molar-refractivity contribution in [3.8, 4) is 0 Å². The molecule has 0 aromatic heterocycles. The average Bonchev–Trinajstić information content (AvgIpc) is 2.13. The zero-order valence-corrected chi connectivity index (χ0v) is 15.7. The Morgan fingerprint density at radius 1 is 0.636 bits per heavy atom. The minimum absolute atomic E-state index is 0. The second-order valence-corrected chi connectivity index (χ2v) is 2.65. The molecule has 0 aliphatic carbocycles. The molecule has 0 aromatic carbocycles. The Bertz CT molecular complexity index is 201. The van der Waals surface area contributed by atoms with Crippen molar-refractivity contribution in [3.63, 3.8) is 0 Å². The Labute approximate surface area is 164 Å². The molecule has 0 unspecified atom stereocenters. The number of hydrogen-bond donors (Lipinski definition) is 6. The number of carbonyl (C=O) groups is 4. The summed E-state index contributed by atoms with van der Waals surface area (Å²) in [4.78, 5) is 36.0. The third kappa shape index (κ3) is 36800. The quantitative estimate of drug-likeness (QED) is 0.290. The molecule has 0 rings (SSSR count). The maximum Gasteiger partial charge on any atom is 0 e. The Balaban J connectivity index is -0.0000000250. The molecule has 0 fully saturated rings. The first kappa shape index (κ1) is 43.0. The first-order valence-corrected chi connectivity index (χ1v) is 5.03. The topological polar surface area (TPSA) is 201 Å². The van der Waals surface area contributed by atoms with Crippen LogP contribution in [0.3, 0.4) is 0 Å². The largest absolute Gasteiger partial charge is 0 e. The van der Waals surface area contributed by atoms with E-state index >= 15 is 0 Å². The van der Waals surface area contributed by atoms with Crippen LogP contribution in [0.25, 0.3) is 0 Å². The van der Waals surface area contributed by atoms with Crippen LogP contribution >= 0.6 is 0 Å². The molecule has 8 N–H and O–H groups in total. The molecule has 0 amide bonds. The van der Waals surface area contributed by atoms with E-state index in [9.17, 15) is 0 Å². The Kier molecular flexibility index (Phi) is 83.5. The van der Waals surface area contributed by atoms with Crippen molar-refractivity contribution in [3.05, 3.63) is 0 Å². The van der Waals surface area contributed by atoms with Crippen molar-refractivity contribution < 1.29 is 59.1 Å². The van der Waals surface area contributed by atoms with Gasteiger partial charge in [-0.25, -0.2) is 0 Å². The molecule has 0 aliphatic rings. The van der Waals surface area contributed by atoms with Gasteiger partial charge in [-0.15, -0.1) is 0 Å². The maximum absolute atomic E-state index is 9.00. The van der Waals surface area contributed by atoms with Gasteiger partial charge in [0.2, 0.25) is 0 Å². The van der Waals surface area contributed by atoms with E-state index in [0.29, 0.717) is 13.1 Å². The Hall–Kier alpha value is -0.577. The van der Waals surface area contributed by atoms with E-state index in [2.05, 4.69) is 0 Å². The molecule has 0 aromatic rings. The molecule has 0 atom stereocenters. The second kappa shape index (κ2) is 42.8.